The number of fused-ring (bicyclic) bond motifs is 1. The summed E-state index contributed by atoms with van der Waals surface area (Å²) in [5.74, 6) is 1.07. The molecule has 2 aliphatic heterocycles. The zero-order valence-corrected chi connectivity index (χ0v) is 14.9. The Hall–Kier alpha value is -1.10. The van der Waals surface area contributed by atoms with Gasteiger partial charge in [-0.1, -0.05) is 19.9 Å². The number of hydrogen-bond acceptors (Lipinski definition) is 4. The first-order chi connectivity index (χ1) is 11.3. The fourth-order valence-electron chi connectivity index (χ4n) is 4.12. The minimum Gasteiger partial charge on any atom is -0.496 e. The Morgan fingerprint density at radius 1 is 1.17 bits per heavy atom. The van der Waals surface area contributed by atoms with Gasteiger partial charge >= 0.3 is 0 Å². The van der Waals surface area contributed by atoms with Crippen molar-refractivity contribution in [2.24, 2.45) is 0 Å². The van der Waals surface area contributed by atoms with Crippen LogP contribution in [0.1, 0.15) is 43.0 Å². The average Bonchev–Trinajstić information content (AvgIpc) is 2.60. The molecule has 2 heterocycles. The van der Waals surface area contributed by atoms with E-state index < -0.39 is 0 Å². The van der Waals surface area contributed by atoms with E-state index in [9.17, 15) is 0 Å². The molecule has 0 amide bonds. The van der Waals surface area contributed by atoms with E-state index in [1.165, 1.54) is 29.7 Å². The van der Waals surface area contributed by atoms with Crippen LogP contribution in [0, 0.1) is 0 Å². The first kappa shape index (κ1) is 16.7. The fraction of sp³-hybridized carbons (Fsp3) is 0.684. The molecule has 1 atom stereocenters. The monoisotopic (exact) mass is 317 g/mol. The molecule has 3 rings (SSSR count). The first-order valence-corrected chi connectivity index (χ1v) is 9.13. The van der Waals surface area contributed by atoms with Crippen molar-refractivity contribution in [1.82, 2.24) is 15.1 Å². The van der Waals surface area contributed by atoms with Crippen molar-refractivity contribution in [3.8, 4) is 5.75 Å². The molecule has 4 heteroatoms. The second kappa shape index (κ2) is 7.65. The van der Waals surface area contributed by atoms with Gasteiger partial charge in [-0.2, -0.15) is 0 Å². The van der Waals surface area contributed by atoms with Crippen LogP contribution in [-0.4, -0.2) is 56.2 Å². The van der Waals surface area contributed by atoms with Crippen LogP contribution in [0.2, 0.25) is 0 Å². The Morgan fingerprint density at radius 2 is 1.96 bits per heavy atom. The molecule has 4 nitrogen and oxygen atoms in total. The summed E-state index contributed by atoms with van der Waals surface area (Å²) in [6.45, 7) is 12.3. The average molecular weight is 317 g/mol. The number of methoxy groups -OCH3 is 1. The Kier molecular flexibility index (Phi) is 5.57. The van der Waals surface area contributed by atoms with Crippen molar-refractivity contribution >= 4 is 0 Å². The number of rotatable bonds is 5. The number of hydrogen-bond donors (Lipinski definition) is 1. The molecule has 1 fully saturated rings. The van der Waals surface area contributed by atoms with Gasteiger partial charge in [0.15, 0.2) is 0 Å². The second-order valence-electron chi connectivity index (χ2n) is 6.69. The summed E-state index contributed by atoms with van der Waals surface area (Å²) in [5.41, 5.74) is 4.38. The molecule has 1 saturated heterocycles. The van der Waals surface area contributed by atoms with Gasteiger partial charge in [-0.3, -0.25) is 9.80 Å². The van der Waals surface area contributed by atoms with Gasteiger partial charge in [0.05, 0.1) is 7.11 Å². The summed E-state index contributed by atoms with van der Waals surface area (Å²) in [7, 11) is 1.81. The molecular formula is C19H31N3O. The summed E-state index contributed by atoms with van der Waals surface area (Å²) in [6, 6.07) is 5.29. The quantitative estimate of drug-likeness (QED) is 0.903. The van der Waals surface area contributed by atoms with Crippen LogP contribution >= 0.6 is 0 Å². The lowest BCUT2D eigenvalue weighted by Crippen LogP contribution is -2.43. The van der Waals surface area contributed by atoms with Crippen molar-refractivity contribution in [3.63, 3.8) is 0 Å². The highest BCUT2D eigenvalue weighted by Gasteiger charge is 2.26. The van der Waals surface area contributed by atoms with E-state index in [1.54, 1.807) is 0 Å². The number of likely N-dealkylation sites (N-methyl/N-ethyl adjacent to an activating group) is 1. The van der Waals surface area contributed by atoms with Gasteiger partial charge in [0.1, 0.15) is 5.75 Å². The molecular weight excluding hydrogens is 286 g/mol. The molecule has 1 aromatic rings. The summed E-state index contributed by atoms with van der Waals surface area (Å²) in [6.07, 6.45) is 2.33. The van der Waals surface area contributed by atoms with E-state index in [2.05, 4.69) is 41.1 Å². The Bertz CT molecular complexity index is 526. The first-order valence-electron chi connectivity index (χ1n) is 9.13. The zero-order chi connectivity index (χ0) is 16.2. The number of nitrogens with zero attached hydrogens (tertiary/aromatic N) is 2. The molecule has 0 aliphatic carbocycles. The highest BCUT2D eigenvalue weighted by Crippen LogP contribution is 2.36. The Balaban J connectivity index is 1.87. The lowest BCUT2D eigenvalue weighted by Gasteiger charge is -2.37. The molecule has 0 radical (unpaired) electrons. The maximum atomic E-state index is 5.75. The van der Waals surface area contributed by atoms with Crippen molar-refractivity contribution in [3.05, 3.63) is 28.8 Å². The number of nitrogens with one attached hydrogen (secondary N) is 1. The van der Waals surface area contributed by atoms with Gasteiger partial charge in [-0.25, -0.2) is 0 Å². The molecule has 23 heavy (non-hydrogen) atoms. The Labute approximate surface area is 140 Å². The number of ether oxygens (including phenoxy) is 1. The molecule has 0 aromatic heterocycles. The zero-order valence-electron chi connectivity index (χ0n) is 14.9. The molecule has 128 valence electrons. The van der Waals surface area contributed by atoms with E-state index in [4.69, 9.17) is 4.74 Å². The largest absolute Gasteiger partial charge is 0.496 e. The lowest BCUT2D eigenvalue weighted by molar-refractivity contribution is 0.189. The molecule has 0 bridgehead atoms. The van der Waals surface area contributed by atoms with Crippen LogP contribution in [0.3, 0.4) is 0 Å². The van der Waals surface area contributed by atoms with Gasteiger partial charge in [0, 0.05) is 50.9 Å². The highest BCUT2D eigenvalue weighted by atomic mass is 16.5. The van der Waals surface area contributed by atoms with Gasteiger partial charge < -0.3 is 10.1 Å². The highest BCUT2D eigenvalue weighted by molar-refractivity contribution is 5.45. The fourth-order valence-corrected chi connectivity index (χ4v) is 4.12. The predicted octanol–water partition coefficient (Wildman–Crippen LogP) is 2.43. The minimum atomic E-state index is 0.547. The van der Waals surface area contributed by atoms with Crippen molar-refractivity contribution < 1.29 is 4.74 Å². The van der Waals surface area contributed by atoms with E-state index in [0.717, 1.165) is 51.4 Å². The van der Waals surface area contributed by atoms with E-state index in [-0.39, 0.29) is 0 Å². The van der Waals surface area contributed by atoms with Crippen molar-refractivity contribution in [2.75, 3.05) is 46.4 Å². The second-order valence-corrected chi connectivity index (χ2v) is 6.69. The smallest absolute Gasteiger partial charge is 0.123 e. The summed E-state index contributed by atoms with van der Waals surface area (Å²) in [5, 5.41) is 3.43. The number of piperazine rings is 1. The summed E-state index contributed by atoms with van der Waals surface area (Å²) >= 11 is 0. The predicted molar refractivity (Wildman–Crippen MR) is 95.1 cm³/mol. The third kappa shape index (κ3) is 3.54. The SMILES string of the molecule is CCC1c2cc(OC)c(CN3CCNCC3)cc2CCN1CC. The van der Waals surface area contributed by atoms with Crippen molar-refractivity contribution in [2.45, 2.75) is 39.3 Å². The molecule has 1 N–H and O–H groups in total. The maximum Gasteiger partial charge on any atom is 0.123 e. The summed E-state index contributed by atoms with van der Waals surface area (Å²) in [4.78, 5) is 5.12. The Morgan fingerprint density at radius 3 is 2.61 bits per heavy atom. The minimum absolute atomic E-state index is 0.547. The van der Waals surface area contributed by atoms with E-state index in [1.807, 2.05) is 7.11 Å². The third-order valence-electron chi connectivity index (χ3n) is 5.41. The normalized spacial score (nSPS) is 22.8. The van der Waals surface area contributed by atoms with Crippen LogP contribution in [-0.2, 0) is 13.0 Å². The van der Waals surface area contributed by atoms with E-state index in [0.29, 0.717) is 6.04 Å². The standard InChI is InChI=1S/C19H31N3O/c1-4-18-17-13-19(23-3)16(14-21-10-7-20-8-11-21)12-15(17)6-9-22(18)5-2/h12-13,18,20H,4-11,14H2,1-3H3. The van der Waals surface area contributed by atoms with Crippen LogP contribution < -0.4 is 10.1 Å². The topological polar surface area (TPSA) is 27.7 Å². The molecule has 2 aliphatic rings. The van der Waals surface area contributed by atoms with Crippen LogP contribution in [0.5, 0.6) is 5.75 Å². The molecule has 0 saturated carbocycles. The van der Waals surface area contributed by atoms with Gasteiger partial charge in [0.25, 0.3) is 0 Å². The van der Waals surface area contributed by atoms with Gasteiger partial charge in [-0.15, -0.1) is 0 Å². The van der Waals surface area contributed by atoms with Crippen LogP contribution in [0.15, 0.2) is 12.1 Å². The van der Waals surface area contributed by atoms with Gasteiger partial charge in [0.2, 0.25) is 0 Å². The lowest BCUT2D eigenvalue weighted by atomic mass is 9.89. The van der Waals surface area contributed by atoms with Crippen LogP contribution in [0.4, 0.5) is 0 Å². The van der Waals surface area contributed by atoms with E-state index >= 15 is 0 Å². The number of benzene rings is 1. The van der Waals surface area contributed by atoms with Gasteiger partial charge in [-0.05, 0) is 36.6 Å². The third-order valence-corrected chi connectivity index (χ3v) is 5.41. The molecule has 1 unspecified atom stereocenters. The van der Waals surface area contributed by atoms with Crippen molar-refractivity contribution in [1.29, 1.82) is 0 Å². The maximum absolute atomic E-state index is 5.75. The van der Waals surface area contributed by atoms with Crippen LogP contribution in [0.25, 0.3) is 0 Å². The molecule has 1 aromatic carbocycles. The molecule has 0 spiro atoms. The summed E-state index contributed by atoms with van der Waals surface area (Å²) < 4.78 is 5.75.